The zero-order valence-electron chi connectivity index (χ0n) is 19.8. The molecule has 10 nitrogen and oxygen atoms in total. The Labute approximate surface area is 209 Å². The predicted molar refractivity (Wildman–Crippen MR) is 126 cm³/mol. The Morgan fingerprint density at radius 1 is 1.24 bits per heavy atom. The Balaban J connectivity index is 1.63. The maximum atomic E-state index is 13.7. The minimum Gasteiger partial charge on any atom is -0.399 e. The molecule has 0 saturated heterocycles. The number of nitrogens with two attached hydrogens (primary N) is 2. The number of ketones is 1. The maximum Gasteiger partial charge on any atom is 0.293 e. The molecule has 4 rings (SSSR count). The summed E-state index contributed by atoms with van der Waals surface area (Å²) in [4.78, 5) is 39.4. The standard InChI is InChI=1S/C24H24F3N7O3/c1-12-18(20(35)22(37)33-23(17(29)9-31-30)10-24(26,27)11-23)16-3-2-6-34(16)19(12)21(36)32-14-4-5-15(25)13(7-14)8-28/h4-5,7,9,31H,2-3,6,10-11,29-30H2,1H3,(H,32,36)(H,33,37)/b17-9-. The number of nitriles is 1. The molecular weight excluding hydrogens is 491 g/mol. The summed E-state index contributed by atoms with van der Waals surface area (Å²) >= 11 is 0. The highest BCUT2D eigenvalue weighted by Crippen LogP contribution is 2.48. The normalized spacial score (nSPS) is 17.2. The number of hydrogen-bond donors (Lipinski definition) is 5. The van der Waals surface area contributed by atoms with Gasteiger partial charge in [-0.1, -0.05) is 0 Å². The van der Waals surface area contributed by atoms with Crippen molar-refractivity contribution in [3.05, 3.63) is 64.0 Å². The van der Waals surface area contributed by atoms with Crippen LogP contribution in [0.3, 0.4) is 0 Å². The highest BCUT2D eigenvalue weighted by atomic mass is 19.3. The van der Waals surface area contributed by atoms with Crippen LogP contribution in [0.1, 0.15) is 56.9 Å². The summed E-state index contributed by atoms with van der Waals surface area (Å²) in [6.45, 7) is 1.92. The highest BCUT2D eigenvalue weighted by Gasteiger charge is 2.59. The van der Waals surface area contributed by atoms with Gasteiger partial charge in [0.05, 0.1) is 22.4 Å². The van der Waals surface area contributed by atoms with Gasteiger partial charge in [0.25, 0.3) is 23.5 Å². The lowest BCUT2D eigenvalue weighted by atomic mass is 9.71. The summed E-state index contributed by atoms with van der Waals surface area (Å²) in [6.07, 6.45) is 0.496. The third kappa shape index (κ3) is 4.51. The number of carbonyl (C=O) groups excluding carboxylic acids is 3. The van der Waals surface area contributed by atoms with Gasteiger partial charge in [0.1, 0.15) is 17.6 Å². The van der Waals surface area contributed by atoms with Crippen molar-refractivity contribution in [3.8, 4) is 6.07 Å². The van der Waals surface area contributed by atoms with Crippen LogP contribution in [0.15, 0.2) is 30.1 Å². The van der Waals surface area contributed by atoms with E-state index in [-0.39, 0.29) is 33.8 Å². The second-order valence-corrected chi connectivity index (χ2v) is 9.15. The number of Topliss-reactive ketones (excluding diaryl/α,β-unsaturated/α-hetero) is 1. The van der Waals surface area contributed by atoms with Gasteiger partial charge in [-0.3, -0.25) is 20.2 Å². The van der Waals surface area contributed by atoms with Crippen LogP contribution in [0.4, 0.5) is 18.9 Å². The second-order valence-electron chi connectivity index (χ2n) is 9.15. The quantitative estimate of drug-likeness (QED) is 0.162. The van der Waals surface area contributed by atoms with Gasteiger partial charge in [-0.05, 0) is 43.5 Å². The topological polar surface area (TPSA) is 168 Å². The second kappa shape index (κ2) is 9.29. The summed E-state index contributed by atoms with van der Waals surface area (Å²) < 4.78 is 42.7. The Kier molecular flexibility index (Phi) is 6.47. The first kappa shape index (κ1) is 25.8. The average Bonchev–Trinajstić information content (AvgIpc) is 3.37. The van der Waals surface area contributed by atoms with Crippen LogP contribution < -0.4 is 27.6 Å². The van der Waals surface area contributed by atoms with E-state index in [1.165, 1.54) is 19.1 Å². The molecule has 0 spiro atoms. The third-order valence-corrected chi connectivity index (χ3v) is 6.67. The predicted octanol–water partition coefficient (Wildman–Crippen LogP) is 1.74. The lowest BCUT2D eigenvalue weighted by molar-refractivity contribution is -0.137. The number of benzene rings is 1. The fraction of sp³-hybridized carbons (Fsp3) is 0.333. The van der Waals surface area contributed by atoms with Crippen LogP contribution in [0.5, 0.6) is 0 Å². The number of anilines is 1. The van der Waals surface area contributed by atoms with Crippen molar-refractivity contribution in [3.63, 3.8) is 0 Å². The molecule has 37 heavy (non-hydrogen) atoms. The van der Waals surface area contributed by atoms with Crippen molar-refractivity contribution in [2.45, 2.75) is 50.6 Å². The molecule has 194 valence electrons. The number of hydrazine groups is 1. The van der Waals surface area contributed by atoms with Crippen LogP contribution in [0.25, 0.3) is 0 Å². The van der Waals surface area contributed by atoms with E-state index >= 15 is 0 Å². The van der Waals surface area contributed by atoms with Crippen LogP contribution in [-0.4, -0.2) is 33.6 Å². The lowest BCUT2D eigenvalue weighted by Crippen LogP contribution is -2.65. The molecule has 2 aromatic rings. The fourth-order valence-corrected chi connectivity index (χ4v) is 5.00. The van der Waals surface area contributed by atoms with Crippen molar-refractivity contribution in [2.24, 2.45) is 11.6 Å². The number of rotatable bonds is 7. The van der Waals surface area contributed by atoms with Crippen molar-refractivity contribution in [2.75, 3.05) is 5.32 Å². The van der Waals surface area contributed by atoms with Gasteiger partial charge in [-0.2, -0.15) is 5.26 Å². The molecular formula is C24H24F3N7O3. The summed E-state index contributed by atoms with van der Waals surface area (Å²) in [5.41, 5.74) is 6.95. The monoisotopic (exact) mass is 515 g/mol. The molecule has 2 aliphatic rings. The first-order chi connectivity index (χ1) is 17.4. The number of aromatic nitrogens is 1. The first-order valence-electron chi connectivity index (χ1n) is 11.3. The Hall–Kier alpha value is -4.31. The molecule has 1 aromatic heterocycles. The minimum absolute atomic E-state index is 0.0118. The molecule has 1 aliphatic carbocycles. The van der Waals surface area contributed by atoms with Crippen LogP contribution in [0.2, 0.25) is 0 Å². The Bertz CT molecular complexity index is 1380. The molecule has 1 aliphatic heterocycles. The molecule has 7 N–H and O–H groups in total. The van der Waals surface area contributed by atoms with Crippen LogP contribution in [0, 0.1) is 24.1 Å². The summed E-state index contributed by atoms with van der Waals surface area (Å²) in [5, 5.41) is 14.0. The van der Waals surface area contributed by atoms with Gasteiger partial charge in [0.15, 0.2) is 0 Å². The Morgan fingerprint density at radius 3 is 2.57 bits per heavy atom. The number of hydrogen-bond acceptors (Lipinski definition) is 7. The molecule has 13 heteroatoms. The maximum absolute atomic E-state index is 13.7. The van der Waals surface area contributed by atoms with Gasteiger partial charge >= 0.3 is 0 Å². The van der Waals surface area contributed by atoms with Crippen molar-refractivity contribution < 1.29 is 27.6 Å². The molecule has 1 saturated carbocycles. The van der Waals surface area contributed by atoms with Crippen molar-refractivity contribution in [1.29, 1.82) is 5.26 Å². The van der Waals surface area contributed by atoms with E-state index in [1.54, 1.807) is 10.6 Å². The fourth-order valence-electron chi connectivity index (χ4n) is 5.00. The zero-order valence-corrected chi connectivity index (χ0v) is 19.8. The third-order valence-electron chi connectivity index (χ3n) is 6.67. The molecule has 0 unspecified atom stereocenters. The zero-order chi connectivity index (χ0) is 27.1. The largest absolute Gasteiger partial charge is 0.399 e. The van der Waals surface area contributed by atoms with Crippen LogP contribution in [-0.2, 0) is 17.8 Å². The minimum atomic E-state index is -3.08. The lowest BCUT2D eigenvalue weighted by Gasteiger charge is -2.47. The number of carbonyl (C=O) groups is 3. The van der Waals surface area contributed by atoms with Crippen LogP contribution >= 0.6 is 0 Å². The molecule has 2 amide bonds. The molecule has 0 bridgehead atoms. The molecule has 1 aromatic carbocycles. The number of fused-ring (bicyclic) bond motifs is 1. The van der Waals surface area contributed by atoms with Gasteiger partial charge in [0.2, 0.25) is 0 Å². The number of alkyl halides is 2. The van der Waals surface area contributed by atoms with Gasteiger partial charge in [-0.25, -0.2) is 13.2 Å². The summed E-state index contributed by atoms with van der Waals surface area (Å²) in [5.74, 6) is -1.36. The summed E-state index contributed by atoms with van der Waals surface area (Å²) in [6, 6.07) is 5.20. The molecule has 0 radical (unpaired) electrons. The van der Waals surface area contributed by atoms with Gasteiger partial charge in [-0.15, -0.1) is 0 Å². The summed E-state index contributed by atoms with van der Waals surface area (Å²) in [7, 11) is 0. The van der Waals surface area contributed by atoms with Gasteiger partial charge < -0.3 is 26.4 Å². The SMILES string of the molecule is Cc1c(C(=O)C(=O)NC2(/C(N)=C/NN)CC(F)(F)C2)c2n(c1C(=O)Nc1ccc(F)c(C#N)c1)CCC2. The highest BCUT2D eigenvalue weighted by molar-refractivity contribution is 6.44. The van der Waals surface area contributed by atoms with Crippen molar-refractivity contribution in [1.82, 2.24) is 15.3 Å². The smallest absolute Gasteiger partial charge is 0.293 e. The molecule has 1 fully saturated rings. The number of halogens is 3. The number of nitrogens with one attached hydrogen (secondary N) is 3. The van der Waals surface area contributed by atoms with Crippen molar-refractivity contribution >= 4 is 23.3 Å². The first-order valence-corrected chi connectivity index (χ1v) is 11.3. The van der Waals surface area contributed by atoms with E-state index in [0.29, 0.717) is 25.1 Å². The average molecular weight is 515 g/mol. The van der Waals surface area contributed by atoms with Gasteiger partial charge in [0, 0.05) is 37.0 Å². The Morgan fingerprint density at radius 2 is 1.95 bits per heavy atom. The van der Waals surface area contributed by atoms with E-state index < -0.39 is 47.7 Å². The van der Waals surface area contributed by atoms with E-state index in [0.717, 1.165) is 12.3 Å². The van der Waals surface area contributed by atoms with E-state index in [1.807, 2.05) is 0 Å². The van der Waals surface area contributed by atoms with E-state index in [2.05, 4.69) is 16.1 Å². The van der Waals surface area contributed by atoms with E-state index in [4.69, 9.17) is 16.8 Å². The number of nitrogens with zero attached hydrogens (tertiary/aromatic N) is 2. The van der Waals surface area contributed by atoms with E-state index in [9.17, 15) is 27.6 Å². The number of amides is 2. The molecule has 0 atom stereocenters. The molecule has 2 heterocycles.